The first-order valence-corrected chi connectivity index (χ1v) is 14.7. The van der Waals surface area contributed by atoms with Gasteiger partial charge in [-0.15, -0.1) is 11.8 Å². The number of thioether (sulfide) groups is 1. The quantitative estimate of drug-likeness (QED) is 0.298. The van der Waals surface area contributed by atoms with Crippen LogP contribution in [0.3, 0.4) is 0 Å². The number of rotatable bonds is 10. The highest BCUT2D eigenvalue weighted by Crippen LogP contribution is 2.42. The lowest BCUT2D eigenvalue weighted by atomic mass is 9.93. The Bertz CT molecular complexity index is 1090. The zero-order valence-corrected chi connectivity index (χ0v) is 23.4. The standard InChI is InChI=1S/C30H38ClN3O2S/c1-22(2)33(20-23-10-4-3-5-11-23)17-9-16-32-29(35)21-34-26-14-6-7-15-27(26)37-28(30(34)36)19-24-12-8-13-25(31)18-24/h3-5,8,10-13,18-19,22,26-27H,6-7,9,14-17,20-21H2,1-2H3,(H,32,35)/b28-19-. The Labute approximate surface area is 230 Å². The smallest absolute Gasteiger partial charge is 0.261 e. The lowest BCUT2D eigenvalue weighted by molar-refractivity contribution is -0.135. The van der Waals surface area contributed by atoms with Crippen LogP contribution in [0.15, 0.2) is 59.5 Å². The Morgan fingerprint density at radius 1 is 1.16 bits per heavy atom. The fraction of sp³-hybridized carbons (Fsp3) is 0.467. The molecule has 2 fully saturated rings. The molecule has 2 aromatic rings. The molecular weight excluding hydrogens is 502 g/mol. The average molecular weight is 540 g/mol. The normalized spacial score (nSPS) is 20.9. The molecule has 2 unspecified atom stereocenters. The van der Waals surface area contributed by atoms with Crippen molar-refractivity contribution in [2.75, 3.05) is 19.6 Å². The van der Waals surface area contributed by atoms with E-state index in [1.54, 1.807) is 11.8 Å². The van der Waals surface area contributed by atoms with Gasteiger partial charge in [-0.3, -0.25) is 14.5 Å². The SMILES string of the molecule is CC(C)N(CCCNC(=O)CN1C(=O)/C(=C/c2cccc(Cl)c2)SC2CCCCC21)Cc1ccccc1. The van der Waals surface area contributed by atoms with E-state index in [9.17, 15) is 9.59 Å². The zero-order valence-electron chi connectivity index (χ0n) is 21.9. The lowest BCUT2D eigenvalue weighted by Gasteiger charge is -2.43. The van der Waals surface area contributed by atoms with Crippen molar-refractivity contribution in [2.24, 2.45) is 0 Å². The molecule has 2 aromatic carbocycles. The predicted octanol–water partition coefficient (Wildman–Crippen LogP) is 5.98. The van der Waals surface area contributed by atoms with Gasteiger partial charge in [0.2, 0.25) is 5.91 Å². The summed E-state index contributed by atoms with van der Waals surface area (Å²) in [5, 5.41) is 4.06. The number of carbonyl (C=O) groups is 2. The highest BCUT2D eigenvalue weighted by Gasteiger charge is 2.41. The second-order valence-corrected chi connectivity index (χ2v) is 12.0. The third-order valence-corrected chi connectivity index (χ3v) is 8.82. The van der Waals surface area contributed by atoms with Crippen molar-refractivity contribution in [3.8, 4) is 0 Å². The first-order valence-electron chi connectivity index (χ1n) is 13.4. The number of halogens is 1. The number of amides is 2. The lowest BCUT2D eigenvalue weighted by Crippen LogP contribution is -2.54. The maximum Gasteiger partial charge on any atom is 0.261 e. The van der Waals surface area contributed by atoms with Gasteiger partial charge in [0.15, 0.2) is 0 Å². The monoisotopic (exact) mass is 539 g/mol. The molecule has 0 spiro atoms. The molecule has 0 aromatic heterocycles. The fourth-order valence-electron chi connectivity index (χ4n) is 5.17. The van der Waals surface area contributed by atoms with Gasteiger partial charge in [-0.25, -0.2) is 0 Å². The van der Waals surface area contributed by atoms with Crippen LogP contribution in [0.25, 0.3) is 6.08 Å². The summed E-state index contributed by atoms with van der Waals surface area (Å²) in [5.74, 6) is -0.122. The van der Waals surface area contributed by atoms with Gasteiger partial charge in [0.25, 0.3) is 5.91 Å². The van der Waals surface area contributed by atoms with Crippen LogP contribution < -0.4 is 5.32 Å². The van der Waals surface area contributed by atoms with Gasteiger partial charge < -0.3 is 10.2 Å². The van der Waals surface area contributed by atoms with E-state index < -0.39 is 0 Å². The molecule has 4 rings (SSSR count). The van der Waals surface area contributed by atoms with Crippen molar-refractivity contribution in [2.45, 2.75) is 69.8 Å². The minimum Gasteiger partial charge on any atom is -0.355 e. The summed E-state index contributed by atoms with van der Waals surface area (Å²) in [5.41, 5.74) is 2.21. The Morgan fingerprint density at radius 3 is 2.70 bits per heavy atom. The molecule has 1 saturated heterocycles. The Kier molecular flexibility index (Phi) is 10.1. The van der Waals surface area contributed by atoms with Crippen LogP contribution in [0.1, 0.15) is 57.1 Å². The third-order valence-electron chi connectivity index (χ3n) is 7.18. The Hall–Kier alpha value is -2.28. The molecule has 2 atom stereocenters. The summed E-state index contributed by atoms with van der Waals surface area (Å²) < 4.78 is 0. The molecule has 0 radical (unpaired) electrons. The van der Waals surface area contributed by atoms with Crippen molar-refractivity contribution in [3.63, 3.8) is 0 Å². The highest BCUT2D eigenvalue weighted by atomic mass is 35.5. The molecule has 1 aliphatic carbocycles. The van der Waals surface area contributed by atoms with E-state index in [1.807, 2.05) is 41.3 Å². The largest absolute Gasteiger partial charge is 0.355 e. The topological polar surface area (TPSA) is 52.7 Å². The van der Waals surface area contributed by atoms with Crippen LogP contribution in [-0.4, -0.2) is 58.6 Å². The summed E-state index contributed by atoms with van der Waals surface area (Å²) in [6.07, 6.45) is 7.09. The van der Waals surface area contributed by atoms with Gasteiger partial charge in [0.1, 0.15) is 6.54 Å². The molecule has 7 heteroatoms. The van der Waals surface area contributed by atoms with Crippen LogP contribution in [-0.2, 0) is 16.1 Å². The van der Waals surface area contributed by atoms with E-state index in [4.69, 9.17) is 11.6 Å². The van der Waals surface area contributed by atoms with Gasteiger partial charge >= 0.3 is 0 Å². The number of hydrogen-bond donors (Lipinski definition) is 1. The van der Waals surface area contributed by atoms with E-state index in [2.05, 4.69) is 48.3 Å². The van der Waals surface area contributed by atoms with E-state index in [1.165, 1.54) is 12.0 Å². The van der Waals surface area contributed by atoms with Crippen molar-refractivity contribution in [1.29, 1.82) is 0 Å². The Morgan fingerprint density at radius 2 is 1.95 bits per heavy atom. The first kappa shape index (κ1) is 27.7. The summed E-state index contributed by atoms with van der Waals surface area (Å²) in [6.45, 7) is 6.94. The van der Waals surface area contributed by atoms with Crippen LogP contribution >= 0.6 is 23.4 Å². The van der Waals surface area contributed by atoms with Crippen molar-refractivity contribution < 1.29 is 9.59 Å². The van der Waals surface area contributed by atoms with Crippen molar-refractivity contribution >= 4 is 41.3 Å². The van der Waals surface area contributed by atoms with Gasteiger partial charge in [-0.1, -0.05) is 66.9 Å². The summed E-state index contributed by atoms with van der Waals surface area (Å²) >= 11 is 7.83. The van der Waals surface area contributed by atoms with Gasteiger partial charge in [0.05, 0.1) is 4.91 Å². The molecule has 1 saturated carbocycles. The summed E-state index contributed by atoms with van der Waals surface area (Å²) in [7, 11) is 0. The second-order valence-electron chi connectivity index (χ2n) is 10.3. The third kappa shape index (κ3) is 7.86. The van der Waals surface area contributed by atoms with Crippen LogP contribution in [0.4, 0.5) is 0 Å². The maximum absolute atomic E-state index is 13.5. The summed E-state index contributed by atoms with van der Waals surface area (Å²) in [4.78, 5) is 31.4. The molecule has 1 heterocycles. The number of hydrogen-bond acceptors (Lipinski definition) is 4. The number of benzene rings is 2. The van der Waals surface area contributed by atoms with Crippen molar-refractivity contribution in [1.82, 2.24) is 15.1 Å². The number of carbonyl (C=O) groups excluding carboxylic acids is 2. The molecule has 0 bridgehead atoms. The van der Waals surface area contributed by atoms with E-state index in [0.29, 0.717) is 27.8 Å². The van der Waals surface area contributed by atoms with Gasteiger partial charge in [-0.2, -0.15) is 0 Å². The van der Waals surface area contributed by atoms with Gasteiger partial charge in [-0.05, 0) is 62.4 Å². The molecule has 198 valence electrons. The summed E-state index contributed by atoms with van der Waals surface area (Å²) in [6, 6.07) is 18.6. The van der Waals surface area contributed by atoms with Crippen LogP contribution in [0.5, 0.6) is 0 Å². The number of fused-ring (bicyclic) bond motifs is 1. The molecule has 1 aliphatic heterocycles. The van der Waals surface area contributed by atoms with Crippen LogP contribution in [0.2, 0.25) is 5.02 Å². The number of nitrogens with zero attached hydrogens (tertiary/aromatic N) is 2. The Balaban J connectivity index is 1.33. The fourth-order valence-corrected chi connectivity index (χ4v) is 6.84. The van der Waals surface area contributed by atoms with E-state index >= 15 is 0 Å². The van der Waals surface area contributed by atoms with Crippen LogP contribution in [0, 0.1) is 0 Å². The molecule has 37 heavy (non-hydrogen) atoms. The molecule has 1 N–H and O–H groups in total. The van der Waals surface area contributed by atoms with E-state index in [0.717, 1.165) is 44.3 Å². The highest BCUT2D eigenvalue weighted by molar-refractivity contribution is 8.04. The molecule has 2 aliphatic rings. The maximum atomic E-state index is 13.5. The zero-order chi connectivity index (χ0) is 26.2. The number of nitrogens with one attached hydrogen (secondary N) is 1. The van der Waals surface area contributed by atoms with E-state index in [-0.39, 0.29) is 24.4 Å². The molecule has 2 amide bonds. The minimum atomic E-state index is -0.0779. The molecular formula is C30H38ClN3O2S. The van der Waals surface area contributed by atoms with Crippen molar-refractivity contribution in [3.05, 3.63) is 75.7 Å². The predicted molar refractivity (Wildman–Crippen MR) is 154 cm³/mol. The second kappa shape index (κ2) is 13.5. The average Bonchev–Trinajstić information content (AvgIpc) is 2.89. The van der Waals surface area contributed by atoms with Gasteiger partial charge in [0, 0.05) is 42.0 Å². The first-order chi connectivity index (χ1) is 17.9. The minimum absolute atomic E-state index is 0.0443. The molecule has 5 nitrogen and oxygen atoms in total.